The average molecular weight is 429 g/mol. The summed E-state index contributed by atoms with van der Waals surface area (Å²) in [4.78, 5) is 30.7. The minimum absolute atomic E-state index is 0.160. The fourth-order valence-corrected chi connectivity index (χ4v) is 3.51. The molecular formula is C25H23N3O4. The van der Waals surface area contributed by atoms with Crippen LogP contribution in [-0.4, -0.2) is 29.7 Å². The van der Waals surface area contributed by atoms with Crippen molar-refractivity contribution in [2.75, 3.05) is 14.2 Å². The number of hydrogen-bond acceptors (Lipinski definition) is 5. The Labute approximate surface area is 185 Å². The van der Waals surface area contributed by atoms with Crippen molar-refractivity contribution >= 4 is 16.8 Å². The lowest BCUT2D eigenvalue weighted by Gasteiger charge is -2.15. The van der Waals surface area contributed by atoms with Gasteiger partial charge in [-0.15, -0.1) is 0 Å². The number of ether oxygens (including phenoxy) is 2. The van der Waals surface area contributed by atoms with E-state index >= 15 is 0 Å². The normalized spacial score (nSPS) is 10.7. The van der Waals surface area contributed by atoms with E-state index in [1.165, 1.54) is 4.57 Å². The molecule has 7 nitrogen and oxygen atoms in total. The van der Waals surface area contributed by atoms with E-state index in [4.69, 9.17) is 14.5 Å². The number of methoxy groups -OCH3 is 2. The van der Waals surface area contributed by atoms with Gasteiger partial charge in [-0.1, -0.05) is 42.5 Å². The third-order valence-corrected chi connectivity index (χ3v) is 5.14. The van der Waals surface area contributed by atoms with Crippen LogP contribution in [0.3, 0.4) is 0 Å². The lowest BCUT2D eigenvalue weighted by Crippen LogP contribution is -2.33. The Morgan fingerprint density at radius 1 is 0.938 bits per heavy atom. The molecule has 0 atom stereocenters. The largest absolute Gasteiger partial charge is 0.493 e. The third-order valence-electron chi connectivity index (χ3n) is 5.14. The summed E-state index contributed by atoms with van der Waals surface area (Å²) < 4.78 is 12.1. The molecule has 0 bridgehead atoms. The second kappa shape index (κ2) is 9.34. The maximum Gasteiger partial charge on any atom is 0.262 e. The van der Waals surface area contributed by atoms with Crippen molar-refractivity contribution < 1.29 is 14.3 Å². The van der Waals surface area contributed by atoms with Crippen LogP contribution in [0.4, 0.5) is 0 Å². The van der Waals surface area contributed by atoms with E-state index in [1.807, 2.05) is 36.4 Å². The maximum absolute atomic E-state index is 13.3. The van der Waals surface area contributed by atoms with Crippen molar-refractivity contribution in [1.29, 1.82) is 0 Å². The highest BCUT2D eigenvalue weighted by atomic mass is 16.5. The van der Waals surface area contributed by atoms with Gasteiger partial charge in [-0.05, 0) is 35.9 Å². The molecular weight excluding hydrogens is 406 g/mol. The van der Waals surface area contributed by atoms with Crippen LogP contribution in [0.2, 0.25) is 0 Å². The smallest absolute Gasteiger partial charge is 0.262 e. The number of fused-ring (bicyclic) bond motifs is 1. The quantitative estimate of drug-likeness (QED) is 0.487. The van der Waals surface area contributed by atoms with E-state index in [0.717, 1.165) is 5.56 Å². The van der Waals surface area contributed by atoms with E-state index in [0.29, 0.717) is 40.3 Å². The third kappa shape index (κ3) is 4.32. The van der Waals surface area contributed by atoms with Crippen molar-refractivity contribution in [2.24, 2.45) is 0 Å². The summed E-state index contributed by atoms with van der Waals surface area (Å²) in [6, 6.07) is 22.0. The van der Waals surface area contributed by atoms with E-state index < -0.39 is 0 Å². The fraction of sp³-hybridized carbons (Fsp3) is 0.160. The average Bonchev–Trinajstić information content (AvgIpc) is 2.84. The van der Waals surface area contributed by atoms with Crippen LogP contribution in [-0.2, 0) is 17.9 Å². The number of para-hydroxylation sites is 1. The molecule has 0 aliphatic carbocycles. The zero-order chi connectivity index (χ0) is 22.5. The standard InChI is InChI=1S/C25H23N3O4/c1-31-21-13-12-18(14-22(21)32-2)24-27-20-11-7-6-10-19(20)25(30)28(24)16-23(29)26-15-17-8-4-3-5-9-17/h3-14H,15-16H2,1-2H3,(H,26,29). The number of rotatable bonds is 7. The Bertz CT molecular complexity index is 1320. The predicted octanol–water partition coefficient (Wildman–Crippen LogP) is 3.40. The highest BCUT2D eigenvalue weighted by Gasteiger charge is 2.17. The van der Waals surface area contributed by atoms with Crippen LogP contribution in [0.25, 0.3) is 22.3 Å². The number of nitrogens with zero attached hydrogens (tertiary/aromatic N) is 2. The molecule has 1 N–H and O–H groups in total. The highest BCUT2D eigenvalue weighted by Crippen LogP contribution is 2.31. The molecule has 0 unspecified atom stereocenters. The van der Waals surface area contributed by atoms with Gasteiger partial charge < -0.3 is 14.8 Å². The molecule has 0 spiro atoms. The minimum Gasteiger partial charge on any atom is -0.493 e. The highest BCUT2D eigenvalue weighted by molar-refractivity contribution is 5.82. The lowest BCUT2D eigenvalue weighted by molar-refractivity contribution is -0.121. The second-order valence-corrected chi connectivity index (χ2v) is 7.18. The Hall–Kier alpha value is -4.13. The maximum atomic E-state index is 13.3. The zero-order valence-electron chi connectivity index (χ0n) is 17.9. The van der Waals surface area contributed by atoms with Crippen LogP contribution >= 0.6 is 0 Å². The summed E-state index contributed by atoms with van der Waals surface area (Å²) in [6.07, 6.45) is 0. The van der Waals surface area contributed by atoms with Gasteiger partial charge in [0.25, 0.3) is 5.56 Å². The number of carbonyl (C=O) groups is 1. The number of benzene rings is 3. The van der Waals surface area contributed by atoms with Crippen LogP contribution in [0.5, 0.6) is 11.5 Å². The molecule has 4 rings (SSSR count). The number of carbonyl (C=O) groups excluding carboxylic acids is 1. The van der Waals surface area contributed by atoms with Crippen molar-refractivity contribution in [3.8, 4) is 22.9 Å². The summed E-state index contributed by atoms with van der Waals surface area (Å²) >= 11 is 0. The van der Waals surface area contributed by atoms with Gasteiger partial charge in [0.2, 0.25) is 5.91 Å². The van der Waals surface area contributed by atoms with Crippen molar-refractivity contribution in [3.63, 3.8) is 0 Å². The molecule has 0 radical (unpaired) electrons. The molecule has 0 aliphatic rings. The van der Waals surface area contributed by atoms with Crippen molar-refractivity contribution in [2.45, 2.75) is 13.1 Å². The van der Waals surface area contributed by atoms with Crippen LogP contribution in [0.1, 0.15) is 5.56 Å². The molecule has 32 heavy (non-hydrogen) atoms. The Morgan fingerprint density at radius 3 is 2.41 bits per heavy atom. The Morgan fingerprint density at radius 2 is 1.66 bits per heavy atom. The first kappa shape index (κ1) is 21.1. The SMILES string of the molecule is COc1ccc(-c2nc3ccccc3c(=O)n2CC(=O)NCc2ccccc2)cc1OC. The van der Waals surface area contributed by atoms with Crippen LogP contribution < -0.4 is 20.3 Å². The first-order valence-electron chi connectivity index (χ1n) is 10.1. The molecule has 1 heterocycles. The number of aromatic nitrogens is 2. The topological polar surface area (TPSA) is 82.5 Å². The molecule has 0 saturated heterocycles. The number of hydrogen-bond donors (Lipinski definition) is 1. The Balaban J connectivity index is 1.74. The Kier molecular flexibility index (Phi) is 6.17. The summed E-state index contributed by atoms with van der Waals surface area (Å²) in [5.74, 6) is 1.17. The van der Waals surface area contributed by atoms with Gasteiger partial charge in [0, 0.05) is 12.1 Å². The molecule has 0 fully saturated rings. The lowest BCUT2D eigenvalue weighted by atomic mass is 10.1. The number of nitrogens with one attached hydrogen (secondary N) is 1. The molecule has 1 aromatic heterocycles. The molecule has 162 valence electrons. The minimum atomic E-state index is -0.283. The van der Waals surface area contributed by atoms with Crippen molar-refractivity contribution in [3.05, 3.63) is 88.7 Å². The van der Waals surface area contributed by atoms with Gasteiger partial charge in [-0.25, -0.2) is 4.98 Å². The van der Waals surface area contributed by atoms with Crippen molar-refractivity contribution in [1.82, 2.24) is 14.9 Å². The summed E-state index contributed by atoms with van der Waals surface area (Å²) in [6.45, 7) is 0.217. The molecule has 0 saturated carbocycles. The summed E-state index contributed by atoms with van der Waals surface area (Å²) in [5, 5.41) is 3.32. The van der Waals surface area contributed by atoms with E-state index in [9.17, 15) is 9.59 Å². The van der Waals surface area contributed by atoms with E-state index in [2.05, 4.69) is 5.32 Å². The second-order valence-electron chi connectivity index (χ2n) is 7.18. The van der Waals surface area contributed by atoms with E-state index in [1.54, 1.807) is 50.6 Å². The van der Waals surface area contributed by atoms with Gasteiger partial charge in [0.05, 0.1) is 25.1 Å². The summed E-state index contributed by atoms with van der Waals surface area (Å²) in [7, 11) is 3.10. The molecule has 0 aliphatic heterocycles. The number of amides is 1. The predicted molar refractivity (Wildman–Crippen MR) is 123 cm³/mol. The van der Waals surface area contributed by atoms with E-state index in [-0.39, 0.29) is 18.0 Å². The van der Waals surface area contributed by atoms with Gasteiger partial charge in [0.1, 0.15) is 12.4 Å². The zero-order valence-corrected chi connectivity index (χ0v) is 17.9. The van der Waals surface area contributed by atoms with Gasteiger partial charge in [-0.3, -0.25) is 14.2 Å². The van der Waals surface area contributed by atoms with Crippen LogP contribution in [0.15, 0.2) is 77.6 Å². The van der Waals surface area contributed by atoms with Gasteiger partial charge in [-0.2, -0.15) is 0 Å². The molecule has 7 heteroatoms. The molecule has 3 aromatic carbocycles. The van der Waals surface area contributed by atoms with Gasteiger partial charge in [0.15, 0.2) is 11.5 Å². The summed E-state index contributed by atoms with van der Waals surface area (Å²) in [5.41, 5.74) is 1.89. The first-order chi connectivity index (χ1) is 15.6. The fourth-order valence-electron chi connectivity index (χ4n) is 3.51. The first-order valence-corrected chi connectivity index (χ1v) is 10.1. The molecule has 1 amide bonds. The monoisotopic (exact) mass is 429 g/mol. The molecule has 4 aromatic rings. The van der Waals surface area contributed by atoms with Crippen LogP contribution in [0, 0.1) is 0 Å². The van der Waals surface area contributed by atoms with Gasteiger partial charge >= 0.3 is 0 Å².